The topological polar surface area (TPSA) is 81.1 Å². The lowest BCUT2D eigenvalue weighted by Crippen LogP contribution is -2.38. The molecule has 7 nitrogen and oxygen atoms in total. The average Bonchev–Trinajstić information content (AvgIpc) is 3.16. The monoisotopic (exact) mass is 354 g/mol. The summed E-state index contributed by atoms with van der Waals surface area (Å²) in [7, 11) is 2.01. The Kier molecular flexibility index (Phi) is 6.21. The van der Waals surface area contributed by atoms with Crippen LogP contribution in [0.2, 0.25) is 0 Å². The van der Waals surface area contributed by atoms with Crippen LogP contribution in [0, 0.1) is 11.3 Å². The number of aromatic amines is 1. The molecule has 0 bridgehead atoms. The first-order valence-electron chi connectivity index (χ1n) is 9.11. The molecule has 0 amide bonds. The van der Waals surface area contributed by atoms with Gasteiger partial charge in [-0.3, -0.25) is 10.00 Å². The van der Waals surface area contributed by atoms with E-state index < -0.39 is 0 Å². The van der Waals surface area contributed by atoms with E-state index in [4.69, 9.17) is 10.00 Å². The van der Waals surface area contributed by atoms with Crippen molar-refractivity contribution in [3.63, 3.8) is 0 Å². The van der Waals surface area contributed by atoms with Crippen LogP contribution < -0.4 is 4.90 Å². The van der Waals surface area contributed by atoms with Gasteiger partial charge in [0, 0.05) is 45.3 Å². The molecule has 1 fully saturated rings. The number of ether oxygens (including phenoxy) is 1. The highest BCUT2D eigenvalue weighted by molar-refractivity contribution is 5.46. The second-order valence-corrected chi connectivity index (χ2v) is 6.58. The summed E-state index contributed by atoms with van der Waals surface area (Å²) in [5.74, 6) is 1.65. The SMILES string of the molecule is CCc1nc([C@@H]2CN(Cc3ccc(N(C)CCC#N)cc3)CCO2)n[nH]1. The zero-order chi connectivity index (χ0) is 18.4. The first-order valence-corrected chi connectivity index (χ1v) is 9.11. The van der Waals surface area contributed by atoms with Gasteiger partial charge in [-0.2, -0.15) is 10.4 Å². The number of nitriles is 1. The molecule has 7 heteroatoms. The Morgan fingerprint density at radius 2 is 2.19 bits per heavy atom. The van der Waals surface area contributed by atoms with Gasteiger partial charge >= 0.3 is 0 Å². The van der Waals surface area contributed by atoms with Gasteiger partial charge in [0.15, 0.2) is 5.82 Å². The third kappa shape index (κ3) is 4.59. The van der Waals surface area contributed by atoms with E-state index >= 15 is 0 Å². The fraction of sp³-hybridized carbons (Fsp3) is 0.526. The lowest BCUT2D eigenvalue weighted by atomic mass is 10.1. The molecule has 0 unspecified atom stereocenters. The minimum absolute atomic E-state index is 0.0725. The third-order valence-corrected chi connectivity index (χ3v) is 4.66. The van der Waals surface area contributed by atoms with Crippen LogP contribution in [-0.4, -0.2) is 53.4 Å². The lowest BCUT2D eigenvalue weighted by molar-refractivity contribution is -0.0370. The van der Waals surface area contributed by atoms with E-state index in [1.807, 2.05) is 7.05 Å². The van der Waals surface area contributed by atoms with E-state index in [2.05, 4.69) is 62.2 Å². The third-order valence-electron chi connectivity index (χ3n) is 4.66. The van der Waals surface area contributed by atoms with Crippen LogP contribution in [0.3, 0.4) is 0 Å². The van der Waals surface area contributed by atoms with Crippen molar-refractivity contribution in [3.05, 3.63) is 41.5 Å². The van der Waals surface area contributed by atoms with Crippen molar-refractivity contribution in [1.82, 2.24) is 20.1 Å². The van der Waals surface area contributed by atoms with Gasteiger partial charge in [0.2, 0.25) is 0 Å². The Labute approximate surface area is 154 Å². The number of hydrogen-bond acceptors (Lipinski definition) is 6. The summed E-state index contributed by atoms with van der Waals surface area (Å²) in [6, 6.07) is 10.7. The standard InChI is InChI=1S/C19H26N6O/c1-3-18-21-19(23-22-18)17-14-25(11-12-26-17)13-15-5-7-16(8-6-15)24(2)10-4-9-20/h5-8,17H,3-4,10-14H2,1-2H3,(H,21,22,23)/t17-/m0/s1. The molecule has 2 aromatic rings. The van der Waals surface area contributed by atoms with Gasteiger partial charge in [-0.25, -0.2) is 4.98 Å². The smallest absolute Gasteiger partial charge is 0.180 e. The molecule has 0 spiro atoms. The Bertz CT molecular complexity index is 735. The number of aromatic nitrogens is 3. The molecule has 0 aliphatic carbocycles. The number of H-pyrrole nitrogens is 1. The van der Waals surface area contributed by atoms with Gasteiger partial charge in [-0.1, -0.05) is 19.1 Å². The van der Waals surface area contributed by atoms with E-state index in [0.717, 1.165) is 49.9 Å². The van der Waals surface area contributed by atoms with Crippen molar-refractivity contribution in [2.75, 3.05) is 38.2 Å². The van der Waals surface area contributed by atoms with E-state index in [9.17, 15) is 0 Å². The minimum atomic E-state index is -0.0725. The highest BCUT2D eigenvalue weighted by Gasteiger charge is 2.25. The first kappa shape index (κ1) is 18.4. The Balaban J connectivity index is 1.57. The Morgan fingerprint density at radius 3 is 2.88 bits per heavy atom. The van der Waals surface area contributed by atoms with Gasteiger partial charge in [0.25, 0.3) is 0 Å². The molecule has 0 saturated carbocycles. The molecule has 1 N–H and O–H groups in total. The number of aryl methyl sites for hydroxylation is 1. The fourth-order valence-electron chi connectivity index (χ4n) is 3.08. The molecule has 2 heterocycles. The number of nitrogens with zero attached hydrogens (tertiary/aromatic N) is 5. The van der Waals surface area contributed by atoms with Crippen LogP contribution in [0.1, 0.15) is 36.7 Å². The summed E-state index contributed by atoms with van der Waals surface area (Å²) in [5.41, 5.74) is 2.41. The lowest BCUT2D eigenvalue weighted by Gasteiger charge is -2.31. The molecule has 138 valence electrons. The van der Waals surface area contributed by atoms with Gasteiger partial charge in [0.1, 0.15) is 11.9 Å². The molecule has 1 saturated heterocycles. The number of morpholine rings is 1. The van der Waals surface area contributed by atoms with Crippen molar-refractivity contribution in [2.24, 2.45) is 0 Å². The summed E-state index contributed by atoms with van der Waals surface area (Å²) < 4.78 is 5.86. The van der Waals surface area contributed by atoms with Crippen LogP contribution >= 0.6 is 0 Å². The summed E-state index contributed by atoms with van der Waals surface area (Å²) in [6.45, 7) is 6.08. The zero-order valence-corrected chi connectivity index (χ0v) is 15.5. The summed E-state index contributed by atoms with van der Waals surface area (Å²) in [5, 5.41) is 16.0. The van der Waals surface area contributed by atoms with Crippen LogP contribution in [0.25, 0.3) is 0 Å². The normalized spacial score (nSPS) is 17.8. The van der Waals surface area contributed by atoms with E-state index in [-0.39, 0.29) is 6.10 Å². The zero-order valence-electron chi connectivity index (χ0n) is 15.5. The number of rotatable bonds is 7. The summed E-state index contributed by atoms with van der Waals surface area (Å²) >= 11 is 0. The number of benzene rings is 1. The fourth-order valence-corrected chi connectivity index (χ4v) is 3.08. The van der Waals surface area contributed by atoms with Gasteiger partial charge in [0.05, 0.1) is 19.1 Å². The van der Waals surface area contributed by atoms with Crippen LogP contribution in [0.4, 0.5) is 5.69 Å². The first-order chi connectivity index (χ1) is 12.7. The molecule has 1 aliphatic heterocycles. The molecule has 0 radical (unpaired) electrons. The van der Waals surface area contributed by atoms with E-state index in [1.54, 1.807) is 0 Å². The highest BCUT2D eigenvalue weighted by Crippen LogP contribution is 2.21. The second-order valence-electron chi connectivity index (χ2n) is 6.58. The van der Waals surface area contributed by atoms with Crippen molar-refractivity contribution < 1.29 is 4.74 Å². The van der Waals surface area contributed by atoms with Crippen molar-refractivity contribution >= 4 is 5.69 Å². The Hall–Kier alpha value is -2.43. The molecule has 1 aromatic carbocycles. The van der Waals surface area contributed by atoms with Crippen LogP contribution in [0.5, 0.6) is 0 Å². The molecule has 1 aliphatic rings. The molecular weight excluding hydrogens is 328 g/mol. The number of anilines is 1. The predicted octanol–water partition coefficient (Wildman–Crippen LogP) is 2.29. The van der Waals surface area contributed by atoms with Crippen molar-refractivity contribution in [2.45, 2.75) is 32.4 Å². The minimum Gasteiger partial charge on any atom is -0.374 e. The van der Waals surface area contributed by atoms with Gasteiger partial charge < -0.3 is 9.64 Å². The maximum Gasteiger partial charge on any atom is 0.180 e. The summed E-state index contributed by atoms with van der Waals surface area (Å²) in [4.78, 5) is 8.99. The largest absolute Gasteiger partial charge is 0.374 e. The van der Waals surface area contributed by atoms with Crippen LogP contribution in [-0.2, 0) is 17.7 Å². The average molecular weight is 354 g/mol. The predicted molar refractivity (Wildman–Crippen MR) is 99.7 cm³/mol. The molecule has 26 heavy (non-hydrogen) atoms. The molecular formula is C19H26N6O. The highest BCUT2D eigenvalue weighted by atomic mass is 16.5. The van der Waals surface area contributed by atoms with E-state index in [1.165, 1.54) is 5.56 Å². The number of hydrogen-bond donors (Lipinski definition) is 1. The molecule has 1 aromatic heterocycles. The quantitative estimate of drug-likeness (QED) is 0.822. The second kappa shape index (κ2) is 8.79. The molecule has 1 atom stereocenters. The van der Waals surface area contributed by atoms with E-state index in [0.29, 0.717) is 13.0 Å². The Morgan fingerprint density at radius 1 is 1.38 bits per heavy atom. The number of nitrogens with one attached hydrogen (secondary N) is 1. The molecule has 3 rings (SSSR count). The maximum absolute atomic E-state index is 8.70. The maximum atomic E-state index is 8.70. The van der Waals surface area contributed by atoms with Gasteiger partial charge in [-0.05, 0) is 17.7 Å². The van der Waals surface area contributed by atoms with Crippen molar-refractivity contribution in [3.8, 4) is 6.07 Å². The van der Waals surface area contributed by atoms with Gasteiger partial charge in [-0.15, -0.1) is 0 Å². The van der Waals surface area contributed by atoms with Crippen molar-refractivity contribution in [1.29, 1.82) is 5.26 Å². The summed E-state index contributed by atoms with van der Waals surface area (Å²) in [6.07, 6.45) is 1.31. The van der Waals surface area contributed by atoms with Crippen LogP contribution in [0.15, 0.2) is 24.3 Å².